The van der Waals surface area contributed by atoms with E-state index >= 15 is 0 Å². The van der Waals surface area contributed by atoms with Crippen molar-refractivity contribution in [2.75, 3.05) is 25.1 Å². The first-order chi connectivity index (χ1) is 18.2. The number of aliphatic hydroxyl groups is 1. The molecule has 4 aromatic heterocycles. The van der Waals surface area contributed by atoms with Crippen LogP contribution in [0.4, 0.5) is 19.1 Å². The van der Waals surface area contributed by atoms with Crippen molar-refractivity contribution in [3.8, 4) is 16.9 Å². The lowest BCUT2D eigenvalue weighted by molar-refractivity contribution is -0.137. The molecule has 0 fully saturated rings. The molecule has 0 radical (unpaired) electrons. The fourth-order valence-electron chi connectivity index (χ4n) is 3.88. The summed E-state index contributed by atoms with van der Waals surface area (Å²) >= 11 is 0. The summed E-state index contributed by atoms with van der Waals surface area (Å²) in [4.78, 5) is 32.0. The molecule has 0 saturated carbocycles. The van der Waals surface area contributed by atoms with Crippen molar-refractivity contribution >= 4 is 17.1 Å². The van der Waals surface area contributed by atoms with Crippen LogP contribution in [0.25, 0.3) is 28.1 Å². The number of nitrogens with zero attached hydrogens (tertiary/aromatic N) is 8. The minimum Gasteiger partial charge on any atom is -0.395 e. The van der Waals surface area contributed by atoms with E-state index in [1.807, 2.05) is 0 Å². The first-order valence-electron chi connectivity index (χ1n) is 11.5. The Morgan fingerprint density at radius 2 is 1.76 bits per heavy atom. The van der Waals surface area contributed by atoms with Crippen LogP contribution in [0, 0.1) is 0 Å². The lowest BCUT2D eigenvalue weighted by Gasteiger charge is -2.16. The number of benzene rings is 1. The van der Waals surface area contributed by atoms with Crippen molar-refractivity contribution in [3.05, 3.63) is 88.9 Å². The van der Waals surface area contributed by atoms with Gasteiger partial charge in [-0.3, -0.25) is 4.79 Å². The standard InChI is InChI=1S/C25H21F3N8O2/c1-34(12-13-37)24-31-8-6-18(32-24)15-35-11-7-19(14-20(35)38)36-23-22(29-9-10-30-23)21(33-36)16-2-4-17(5-3-16)25(26,27)28/h2-11,14,37H,12-13,15H2,1H3. The van der Waals surface area contributed by atoms with Gasteiger partial charge in [-0.25, -0.2) is 24.6 Å². The van der Waals surface area contributed by atoms with Crippen molar-refractivity contribution in [1.82, 2.24) is 34.3 Å². The quantitative estimate of drug-likeness (QED) is 0.347. The van der Waals surface area contributed by atoms with E-state index in [-0.39, 0.29) is 18.7 Å². The molecule has 0 saturated heterocycles. The number of fused-ring (bicyclic) bond motifs is 1. The Kier molecular flexibility index (Phi) is 6.59. The van der Waals surface area contributed by atoms with Gasteiger partial charge in [-0.05, 0) is 24.3 Å². The average molecular weight is 522 g/mol. The Bertz CT molecular complexity index is 1650. The van der Waals surface area contributed by atoms with Crippen molar-refractivity contribution in [3.63, 3.8) is 0 Å². The molecule has 0 aliphatic heterocycles. The summed E-state index contributed by atoms with van der Waals surface area (Å²) in [5.74, 6) is 0.429. The first-order valence-corrected chi connectivity index (χ1v) is 11.5. The van der Waals surface area contributed by atoms with Crippen molar-refractivity contribution in [1.29, 1.82) is 0 Å². The lowest BCUT2D eigenvalue weighted by Crippen LogP contribution is -2.25. The average Bonchev–Trinajstić information content (AvgIpc) is 3.29. The number of pyridine rings is 1. The predicted molar refractivity (Wildman–Crippen MR) is 133 cm³/mol. The van der Waals surface area contributed by atoms with Crippen molar-refractivity contribution < 1.29 is 18.3 Å². The number of hydrogen-bond acceptors (Lipinski definition) is 8. The van der Waals surface area contributed by atoms with Crippen LogP contribution < -0.4 is 10.5 Å². The van der Waals surface area contributed by atoms with Crippen LogP contribution in [0.15, 0.2) is 72.0 Å². The second-order valence-corrected chi connectivity index (χ2v) is 8.41. The van der Waals surface area contributed by atoms with E-state index in [1.165, 1.54) is 39.8 Å². The van der Waals surface area contributed by atoms with Gasteiger partial charge in [-0.15, -0.1) is 0 Å². The fourth-order valence-corrected chi connectivity index (χ4v) is 3.88. The van der Waals surface area contributed by atoms with Gasteiger partial charge in [0, 0.05) is 50.0 Å². The molecule has 0 aliphatic carbocycles. The third kappa shape index (κ3) is 4.95. The summed E-state index contributed by atoms with van der Waals surface area (Å²) in [5, 5.41) is 13.7. The van der Waals surface area contributed by atoms with Gasteiger partial charge in [0.2, 0.25) is 5.95 Å². The SMILES string of the molecule is CN(CCO)c1nccc(Cn2ccc(-n3nc(-c4ccc(C(F)(F)F)cc4)c4nccnc43)cc2=O)n1. The number of alkyl halides is 3. The van der Waals surface area contributed by atoms with Gasteiger partial charge >= 0.3 is 6.18 Å². The summed E-state index contributed by atoms with van der Waals surface area (Å²) < 4.78 is 41.9. The summed E-state index contributed by atoms with van der Waals surface area (Å²) in [5.41, 5.74) is 1.44. The molecule has 5 rings (SSSR count). The zero-order chi connectivity index (χ0) is 26.9. The molecule has 13 heteroatoms. The summed E-state index contributed by atoms with van der Waals surface area (Å²) in [6, 6.07) is 9.39. The molecule has 0 atom stereocenters. The van der Waals surface area contributed by atoms with Gasteiger partial charge in [0.1, 0.15) is 11.2 Å². The van der Waals surface area contributed by atoms with Gasteiger partial charge in [0.05, 0.1) is 30.1 Å². The molecule has 5 aromatic rings. The van der Waals surface area contributed by atoms with Gasteiger partial charge < -0.3 is 14.6 Å². The highest BCUT2D eigenvalue weighted by Gasteiger charge is 2.30. The summed E-state index contributed by atoms with van der Waals surface area (Å²) in [6.45, 7) is 0.517. The molecule has 0 aliphatic rings. The molecule has 0 unspecified atom stereocenters. The molecule has 194 valence electrons. The van der Waals surface area contributed by atoms with E-state index in [0.717, 1.165) is 12.1 Å². The molecule has 1 N–H and O–H groups in total. The second-order valence-electron chi connectivity index (χ2n) is 8.41. The highest BCUT2D eigenvalue weighted by molar-refractivity contribution is 5.88. The third-order valence-electron chi connectivity index (χ3n) is 5.82. The molecule has 38 heavy (non-hydrogen) atoms. The first kappa shape index (κ1) is 25.0. The molecular weight excluding hydrogens is 501 g/mol. The third-order valence-corrected chi connectivity index (χ3v) is 5.82. The lowest BCUT2D eigenvalue weighted by atomic mass is 10.1. The predicted octanol–water partition coefficient (Wildman–Crippen LogP) is 2.93. The van der Waals surface area contributed by atoms with Gasteiger partial charge in [-0.2, -0.15) is 18.3 Å². The Morgan fingerprint density at radius 1 is 1.00 bits per heavy atom. The molecule has 4 heterocycles. The van der Waals surface area contributed by atoms with Gasteiger partial charge in [-0.1, -0.05) is 12.1 Å². The van der Waals surface area contributed by atoms with E-state index in [0.29, 0.717) is 46.3 Å². The number of rotatable bonds is 7. The summed E-state index contributed by atoms with van der Waals surface area (Å²) in [6.07, 6.45) is 1.67. The van der Waals surface area contributed by atoms with Crippen LogP contribution in [0.1, 0.15) is 11.3 Å². The maximum atomic E-state index is 13.0. The van der Waals surface area contributed by atoms with E-state index in [1.54, 1.807) is 36.5 Å². The van der Waals surface area contributed by atoms with Crippen LogP contribution in [-0.2, 0) is 12.7 Å². The zero-order valence-corrected chi connectivity index (χ0v) is 20.0. The Hall–Kier alpha value is -4.65. The number of anilines is 1. The highest BCUT2D eigenvalue weighted by atomic mass is 19.4. The van der Waals surface area contributed by atoms with Crippen molar-refractivity contribution in [2.45, 2.75) is 12.7 Å². The Morgan fingerprint density at radius 3 is 2.47 bits per heavy atom. The molecule has 0 spiro atoms. The molecule has 10 nitrogen and oxygen atoms in total. The molecule has 1 aromatic carbocycles. The number of likely N-dealkylation sites (N-methyl/N-ethyl adjacent to an activating group) is 1. The van der Waals surface area contributed by atoms with Crippen LogP contribution >= 0.6 is 0 Å². The second kappa shape index (κ2) is 10.0. The normalized spacial score (nSPS) is 11.7. The number of aromatic nitrogens is 7. The molecule has 0 amide bonds. The highest BCUT2D eigenvalue weighted by Crippen LogP contribution is 2.32. The maximum Gasteiger partial charge on any atom is 0.416 e. The smallest absolute Gasteiger partial charge is 0.395 e. The van der Waals surface area contributed by atoms with E-state index < -0.39 is 11.7 Å². The Labute approximate surface area is 213 Å². The number of hydrogen-bond donors (Lipinski definition) is 1. The fraction of sp³-hybridized carbons (Fsp3) is 0.200. The zero-order valence-electron chi connectivity index (χ0n) is 20.0. The minimum atomic E-state index is -4.45. The molecular formula is C25H21F3N8O2. The maximum absolute atomic E-state index is 13.0. The van der Waals surface area contributed by atoms with Crippen LogP contribution in [0.2, 0.25) is 0 Å². The van der Waals surface area contributed by atoms with Crippen LogP contribution in [0.5, 0.6) is 0 Å². The largest absolute Gasteiger partial charge is 0.416 e. The number of halogens is 3. The van der Waals surface area contributed by atoms with Crippen molar-refractivity contribution in [2.24, 2.45) is 0 Å². The monoisotopic (exact) mass is 522 g/mol. The van der Waals surface area contributed by atoms with Gasteiger partial charge in [0.25, 0.3) is 5.56 Å². The van der Waals surface area contributed by atoms with Gasteiger partial charge in [0.15, 0.2) is 5.65 Å². The Balaban J connectivity index is 1.48. The molecule has 0 bridgehead atoms. The van der Waals surface area contributed by atoms with Crippen LogP contribution in [0.3, 0.4) is 0 Å². The van der Waals surface area contributed by atoms with E-state index in [2.05, 4.69) is 25.0 Å². The minimum absolute atomic E-state index is 0.0436. The van der Waals surface area contributed by atoms with E-state index in [9.17, 15) is 18.0 Å². The van der Waals surface area contributed by atoms with Crippen LogP contribution in [-0.4, -0.2) is 59.6 Å². The topological polar surface area (TPSA) is 115 Å². The number of aliphatic hydroxyl groups excluding tert-OH is 1. The summed E-state index contributed by atoms with van der Waals surface area (Å²) in [7, 11) is 1.76. The van der Waals surface area contributed by atoms with E-state index in [4.69, 9.17) is 5.11 Å².